The van der Waals surface area contributed by atoms with Crippen molar-refractivity contribution < 1.29 is 37.5 Å². The number of alkyl halides is 3. The Balaban J connectivity index is 2.13. The van der Waals surface area contributed by atoms with Gasteiger partial charge in [-0.3, -0.25) is 14.4 Å². The lowest BCUT2D eigenvalue weighted by atomic mass is 10.0. The molecule has 0 bridgehead atoms. The van der Waals surface area contributed by atoms with Crippen molar-refractivity contribution in [3.63, 3.8) is 0 Å². The minimum atomic E-state index is -5.16. The molecule has 2 rings (SSSR count). The summed E-state index contributed by atoms with van der Waals surface area (Å²) in [5.74, 6) is -4.67. The monoisotopic (exact) mass is 312 g/mol. The molecule has 0 saturated carbocycles. The Kier molecular flexibility index (Phi) is 3.40. The predicted molar refractivity (Wildman–Crippen MR) is 57.3 cm³/mol. The Labute approximate surface area is 113 Å². The van der Waals surface area contributed by atoms with Gasteiger partial charge in [0.05, 0.1) is 0 Å². The smallest absolute Gasteiger partial charge is 0.471 e. The number of β-lactam (4-membered cyclic amide) rings is 1. The van der Waals surface area contributed by atoms with E-state index in [-0.39, 0.29) is 0 Å². The van der Waals surface area contributed by atoms with Crippen molar-refractivity contribution in [1.29, 1.82) is 0 Å². The molecule has 2 amide bonds. The molecule has 2 N–H and O–H groups in total. The first-order valence-electron chi connectivity index (χ1n) is 5.25. The normalized spacial score (nSPS) is 29.6. The molecule has 0 radical (unpaired) electrons. The molecule has 11 heteroatoms. The van der Waals surface area contributed by atoms with Gasteiger partial charge in [0.1, 0.15) is 17.5 Å². The number of carboxylic acids is 1. The Hall–Kier alpha value is -1.78. The molecule has 2 aliphatic rings. The average molecular weight is 312 g/mol. The molecule has 2 aliphatic heterocycles. The fraction of sp³-hybridized carbons (Fsp3) is 0.556. The number of carbonyl (C=O) groups is 4. The van der Waals surface area contributed by atoms with E-state index in [2.05, 4.69) is 0 Å². The number of hydrogen-bond donors (Lipinski definition) is 2. The number of carboxylic acid groups (broad SMARTS) is 1. The number of aliphatic carboxylic acids is 1. The van der Waals surface area contributed by atoms with Crippen LogP contribution < -0.4 is 5.32 Å². The number of rotatable bonds is 2. The molecule has 2 saturated heterocycles. The van der Waals surface area contributed by atoms with Crippen LogP contribution in [0.2, 0.25) is 0 Å². The van der Waals surface area contributed by atoms with Gasteiger partial charge in [-0.2, -0.15) is 13.2 Å². The van der Waals surface area contributed by atoms with Gasteiger partial charge in [0.25, 0.3) is 0 Å². The zero-order valence-electron chi connectivity index (χ0n) is 9.51. The van der Waals surface area contributed by atoms with Crippen molar-refractivity contribution in [2.75, 3.05) is 0 Å². The molecule has 1 unspecified atom stereocenters. The van der Waals surface area contributed by atoms with Crippen LogP contribution in [0.3, 0.4) is 0 Å². The van der Waals surface area contributed by atoms with E-state index in [1.165, 1.54) is 5.32 Å². The second-order valence-electron chi connectivity index (χ2n) is 4.13. The number of halogens is 3. The summed E-state index contributed by atoms with van der Waals surface area (Å²) in [6, 6.07) is -2.94. The van der Waals surface area contributed by atoms with E-state index >= 15 is 0 Å². The summed E-state index contributed by atoms with van der Waals surface area (Å²) in [4.78, 5) is 45.4. The van der Waals surface area contributed by atoms with Crippen molar-refractivity contribution in [3.05, 3.63) is 0 Å². The third-order valence-electron chi connectivity index (χ3n) is 2.86. The number of carbonyl (C=O) groups excluding carboxylic acids is 3. The molecule has 0 aromatic carbocycles. The minimum Gasteiger partial charge on any atom is -0.480 e. The molecular weight excluding hydrogens is 305 g/mol. The first-order chi connectivity index (χ1) is 9.12. The number of nitrogens with zero attached hydrogens (tertiary/aromatic N) is 1. The van der Waals surface area contributed by atoms with Crippen LogP contribution >= 0.6 is 11.8 Å². The number of amides is 2. The van der Waals surface area contributed by atoms with E-state index in [9.17, 15) is 32.3 Å². The molecule has 7 nitrogen and oxygen atoms in total. The first-order valence-corrected chi connectivity index (χ1v) is 6.13. The van der Waals surface area contributed by atoms with Gasteiger partial charge in [0.15, 0.2) is 5.12 Å². The maximum atomic E-state index is 12.1. The van der Waals surface area contributed by atoms with Crippen LogP contribution in [-0.2, 0) is 19.2 Å². The lowest BCUT2D eigenvalue weighted by molar-refractivity contribution is -0.179. The third kappa shape index (κ3) is 2.32. The van der Waals surface area contributed by atoms with E-state index in [1.807, 2.05) is 0 Å². The number of thioether (sulfide) groups is 1. The summed E-state index contributed by atoms with van der Waals surface area (Å²) >= 11 is 0.543. The molecular formula is C9H7F3N2O5S. The Bertz CT molecular complexity index is 508. The van der Waals surface area contributed by atoms with Gasteiger partial charge < -0.3 is 15.3 Å². The highest BCUT2D eigenvalue weighted by Gasteiger charge is 2.58. The first kappa shape index (κ1) is 14.6. The summed E-state index contributed by atoms with van der Waals surface area (Å²) in [6.07, 6.45) is -5.57. The molecule has 0 aromatic heterocycles. The zero-order valence-corrected chi connectivity index (χ0v) is 10.3. The summed E-state index contributed by atoms with van der Waals surface area (Å²) in [5.41, 5.74) is 0. The van der Waals surface area contributed by atoms with Gasteiger partial charge in [-0.15, -0.1) is 0 Å². The third-order valence-corrected chi connectivity index (χ3v) is 4.03. The van der Waals surface area contributed by atoms with E-state index in [1.54, 1.807) is 0 Å². The van der Waals surface area contributed by atoms with Crippen molar-refractivity contribution in [2.24, 2.45) is 0 Å². The average Bonchev–Trinajstić information content (AvgIpc) is 2.32. The van der Waals surface area contributed by atoms with Crippen molar-refractivity contribution in [3.8, 4) is 0 Å². The van der Waals surface area contributed by atoms with Gasteiger partial charge in [-0.25, -0.2) is 4.79 Å². The van der Waals surface area contributed by atoms with Crippen LogP contribution in [0, 0.1) is 0 Å². The second-order valence-corrected chi connectivity index (χ2v) is 5.31. The fourth-order valence-corrected chi connectivity index (χ4v) is 3.15. The number of nitrogens with one attached hydrogen (secondary N) is 1. The Morgan fingerprint density at radius 2 is 1.95 bits per heavy atom. The molecule has 0 aliphatic carbocycles. The topological polar surface area (TPSA) is 104 Å². The van der Waals surface area contributed by atoms with Crippen molar-refractivity contribution >= 4 is 34.7 Å². The summed E-state index contributed by atoms with van der Waals surface area (Å²) in [5, 5.41) is 8.66. The lowest BCUT2D eigenvalue weighted by Gasteiger charge is -2.51. The SMILES string of the molecule is O=C1C[C@@H](C(=O)O)N2C(=O)[C@H](NC(=O)C(F)(F)F)C2S1. The fourth-order valence-electron chi connectivity index (χ4n) is 1.94. The van der Waals surface area contributed by atoms with E-state index in [0.717, 1.165) is 4.90 Å². The molecule has 2 fully saturated rings. The van der Waals surface area contributed by atoms with E-state index < -0.39 is 53.0 Å². The highest BCUT2D eigenvalue weighted by molar-refractivity contribution is 8.14. The van der Waals surface area contributed by atoms with Gasteiger partial charge in [0, 0.05) is 6.42 Å². The Morgan fingerprint density at radius 1 is 1.35 bits per heavy atom. The quantitative estimate of drug-likeness (QED) is 0.655. The zero-order chi connectivity index (χ0) is 15.2. The largest absolute Gasteiger partial charge is 0.480 e. The van der Waals surface area contributed by atoms with Gasteiger partial charge in [-0.1, -0.05) is 11.8 Å². The second kappa shape index (κ2) is 4.65. The number of hydrogen-bond acceptors (Lipinski definition) is 5. The maximum absolute atomic E-state index is 12.1. The van der Waals surface area contributed by atoms with Crippen LogP contribution in [0.15, 0.2) is 0 Å². The molecule has 2 heterocycles. The summed E-state index contributed by atoms with van der Waals surface area (Å²) < 4.78 is 36.3. The van der Waals surface area contributed by atoms with Gasteiger partial charge >= 0.3 is 18.1 Å². The van der Waals surface area contributed by atoms with Crippen molar-refractivity contribution in [2.45, 2.75) is 30.1 Å². The van der Waals surface area contributed by atoms with Crippen LogP contribution in [0.4, 0.5) is 13.2 Å². The van der Waals surface area contributed by atoms with Crippen LogP contribution in [0.1, 0.15) is 6.42 Å². The minimum absolute atomic E-state index is 0.415. The molecule has 20 heavy (non-hydrogen) atoms. The van der Waals surface area contributed by atoms with E-state index in [0.29, 0.717) is 11.8 Å². The lowest BCUT2D eigenvalue weighted by Crippen LogP contribution is -2.75. The van der Waals surface area contributed by atoms with Crippen LogP contribution in [0.25, 0.3) is 0 Å². The molecule has 110 valence electrons. The summed E-state index contributed by atoms with van der Waals surface area (Å²) in [6.45, 7) is 0. The maximum Gasteiger partial charge on any atom is 0.471 e. The Morgan fingerprint density at radius 3 is 2.45 bits per heavy atom. The molecule has 0 aromatic rings. The summed E-state index contributed by atoms with van der Waals surface area (Å²) in [7, 11) is 0. The van der Waals surface area contributed by atoms with Crippen molar-refractivity contribution in [1.82, 2.24) is 10.2 Å². The van der Waals surface area contributed by atoms with Gasteiger partial charge in [0.2, 0.25) is 5.91 Å². The standard InChI is InChI=1S/C9H7F3N2O5S/c10-9(11,12)8(19)13-4-5(16)14-2(7(17)18)1-3(15)20-6(4)14/h2,4,6H,1H2,(H,13,19)(H,17,18)/t2-,4-,6?/m0/s1. The predicted octanol–water partition coefficient (Wildman–Crippen LogP) is -0.681. The number of fused-ring (bicyclic) bond motifs is 1. The highest BCUT2D eigenvalue weighted by atomic mass is 32.2. The van der Waals surface area contributed by atoms with Crippen LogP contribution in [0.5, 0.6) is 0 Å². The van der Waals surface area contributed by atoms with E-state index in [4.69, 9.17) is 5.11 Å². The molecule has 0 spiro atoms. The van der Waals surface area contributed by atoms with Crippen LogP contribution in [-0.4, -0.2) is 56.5 Å². The van der Waals surface area contributed by atoms with Gasteiger partial charge in [-0.05, 0) is 0 Å². The highest BCUT2D eigenvalue weighted by Crippen LogP contribution is 2.39. The molecule has 3 atom stereocenters.